The van der Waals surface area contributed by atoms with Gasteiger partial charge in [-0.05, 0) is 43.4 Å². The summed E-state index contributed by atoms with van der Waals surface area (Å²) in [6, 6.07) is 10.1. The Morgan fingerprint density at radius 1 is 1.33 bits per heavy atom. The Hall–Kier alpha value is -2.16. The summed E-state index contributed by atoms with van der Waals surface area (Å²) in [5, 5.41) is 0. The van der Waals surface area contributed by atoms with Crippen molar-refractivity contribution in [3.05, 3.63) is 59.4 Å². The van der Waals surface area contributed by atoms with Gasteiger partial charge in [0.05, 0.1) is 12.8 Å². The van der Waals surface area contributed by atoms with Crippen LogP contribution < -0.4 is 4.74 Å². The van der Waals surface area contributed by atoms with E-state index in [1.807, 2.05) is 19.1 Å². The Morgan fingerprint density at radius 2 is 2.19 bits per heavy atom. The highest BCUT2D eigenvalue weighted by Gasteiger charge is 2.27. The van der Waals surface area contributed by atoms with E-state index in [0.717, 1.165) is 19.3 Å². The van der Waals surface area contributed by atoms with Crippen LogP contribution in [0.5, 0.6) is 5.75 Å². The largest absolute Gasteiger partial charge is 0.492 e. The molecule has 0 spiro atoms. The molecular formula is C18H19NO2. The van der Waals surface area contributed by atoms with Crippen molar-refractivity contribution in [3.63, 3.8) is 0 Å². The van der Waals surface area contributed by atoms with Gasteiger partial charge in [-0.3, -0.25) is 9.78 Å². The average molecular weight is 281 g/mol. The number of hydrogen-bond donors (Lipinski definition) is 0. The monoisotopic (exact) mass is 281 g/mol. The Morgan fingerprint density at radius 3 is 3.05 bits per heavy atom. The van der Waals surface area contributed by atoms with E-state index < -0.39 is 0 Å². The fourth-order valence-electron chi connectivity index (χ4n) is 3.03. The summed E-state index contributed by atoms with van der Waals surface area (Å²) in [4.78, 5) is 17.0. The van der Waals surface area contributed by atoms with Gasteiger partial charge in [0.15, 0.2) is 5.78 Å². The summed E-state index contributed by atoms with van der Waals surface area (Å²) in [5.74, 6) is 0.761. The van der Waals surface area contributed by atoms with Crippen LogP contribution in [0.15, 0.2) is 42.7 Å². The van der Waals surface area contributed by atoms with Gasteiger partial charge in [-0.1, -0.05) is 24.3 Å². The molecule has 0 saturated heterocycles. The third kappa shape index (κ3) is 2.82. The predicted molar refractivity (Wildman–Crippen MR) is 81.9 cm³/mol. The Kier molecular flexibility index (Phi) is 4.00. The Bertz CT molecular complexity index is 651. The molecular weight excluding hydrogens is 262 g/mol. The van der Waals surface area contributed by atoms with Gasteiger partial charge in [0, 0.05) is 17.7 Å². The second kappa shape index (κ2) is 6.08. The maximum atomic E-state index is 12.8. The van der Waals surface area contributed by atoms with Crippen LogP contribution in [0.25, 0.3) is 0 Å². The van der Waals surface area contributed by atoms with Crippen LogP contribution in [0.4, 0.5) is 0 Å². The van der Waals surface area contributed by atoms with Crippen molar-refractivity contribution < 1.29 is 9.53 Å². The minimum atomic E-state index is -0.0476. The lowest BCUT2D eigenvalue weighted by Crippen LogP contribution is -2.19. The number of Topliss-reactive ketones (excluding diaryl/α,β-unsaturated/α-hetero) is 1. The molecule has 0 aliphatic heterocycles. The minimum Gasteiger partial charge on any atom is -0.492 e. The lowest BCUT2D eigenvalue weighted by molar-refractivity contribution is 0.0950. The topological polar surface area (TPSA) is 39.2 Å². The third-order valence-corrected chi connectivity index (χ3v) is 3.99. The summed E-state index contributed by atoms with van der Waals surface area (Å²) >= 11 is 0. The Balaban J connectivity index is 1.91. The zero-order valence-corrected chi connectivity index (χ0v) is 12.2. The smallest absolute Gasteiger partial charge is 0.172 e. The van der Waals surface area contributed by atoms with Crippen molar-refractivity contribution in [1.82, 2.24) is 4.98 Å². The lowest BCUT2D eigenvalue weighted by atomic mass is 9.79. The highest BCUT2D eigenvalue weighted by Crippen LogP contribution is 2.34. The van der Waals surface area contributed by atoms with Crippen LogP contribution in [0.3, 0.4) is 0 Å². The number of ketones is 1. The molecule has 1 aromatic carbocycles. The molecule has 108 valence electrons. The first-order valence-electron chi connectivity index (χ1n) is 7.49. The van der Waals surface area contributed by atoms with Gasteiger partial charge in [0.25, 0.3) is 0 Å². The van der Waals surface area contributed by atoms with Crippen LogP contribution in [-0.4, -0.2) is 17.4 Å². The molecule has 1 aliphatic carbocycles. The first kappa shape index (κ1) is 13.8. The van der Waals surface area contributed by atoms with Gasteiger partial charge in [0.2, 0.25) is 0 Å². The quantitative estimate of drug-likeness (QED) is 0.800. The van der Waals surface area contributed by atoms with Gasteiger partial charge in [-0.15, -0.1) is 0 Å². The van der Waals surface area contributed by atoms with Crippen LogP contribution in [0, 0.1) is 0 Å². The molecule has 1 atom stereocenters. The fourth-order valence-corrected chi connectivity index (χ4v) is 3.03. The third-order valence-electron chi connectivity index (χ3n) is 3.99. The predicted octanol–water partition coefficient (Wildman–Crippen LogP) is 3.78. The van der Waals surface area contributed by atoms with Gasteiger partial charge >= 0.3 is 0 Å². The van der Waals surface area contributed by atoms with Crippen molar-refractivity contribution in [2.24, 2.45) is 0 Å². The van der Waals surface area contributed by atoms with E-state index in [1.54, 1.807) is 18.5 Å². The van der Waals surface area contributed by atoms with Crippen molar-refractivity contribution in [2.45, 2.75) is 32.1 Å². The zero-order chi connectivity index (χ0) is 14.7. The number of fused-ring (bicyclic) bond motifs is 1. The molecule has 1 unspecified atom stereocenters. The minimum absolute atomic E-state index is 0.0476. The van der Waals surface area contributed by atoms with Gasteiger partial charge in [-0.2, -0.15) is 0 Å². The van der Waals surface area contributed by atoms with Crippen molar-refractivity contribution in [1.29, 1.82) is 0 Å². The maximum absolute atomic E-state index is 12.8. The summed E-state index contributed by atoms with van der Waals surface area (Å²) < 4.78 is 5.44. The van der Waals surface area contributed by atoms with Crippen LogP contribution in [0.1, 0.15) is 47.2 Å². The number of nitrogens with zero attached hydrogens (tertiary/aromatic N) is 1. The molecule has 0 saturated carbocycles. The van der Waals surface area contributed by atoms with E-state index in [2.05, 4.69) is 17.1 Å². The molecule has 2 aromatic rings. The van der Waals surface area contributed by atoms with E-state index in [9.17, 15) is 4.79 Å². The van der Waals surface area contributed by atoms with Gasteiger partial charge in [-0.25, -0.2) is 0 Å². The molecule has 0 amide bonds. The van der Waals surface area contributed by atoms with Crippen molar-refractivity contribution >= 4 is 5.78 Å². The first-order chi connectivity index (χ1) is 10.3. The number of carbonyl (C=O) groups is 1. The number of pyridine rings is 1. The number of rotatable bonds is 4. The molecule has 0 radical (unpaired) electrons. The Labute approximate surface area is 125 Å². The van der Waals surface area contributed by atoms with Crippen molar-refractivity contribution in [2.75, 3.05) is 6.61 Å². The molecule has 3 rings (SSSR count). The summed E-state index contributed by atoms with van der Waals surface area (Å²) in [6.45, 7) is 2.50. The lowest BCUT2D eigenvalue weighted by Gasteiger charge is -2.24. The molecule has 1 aromatic heterocycles. The van der Waals surface area contributed by atoms with E-state index in [4.69, 9.17) is 4.74 Å². The standard InChI is InChI=1S/C18H19NO2/c1-2-21-15-10-14(11-19-12-15)18(20)17-9-5-7-13-6-3-4-8-16(13)17/h3-4,6,8,10-12,17H,2,5,7,9H2,1H3. The molecule has 1 heterocycles. The second-order valence-corrected chi connectivity index (χ2v) is 5.35. The molecule has 1 aliphatic rings. The van der Waals surface area contributed by atoms with E-state index in [-0.39, 0.29) is 11.7 Å². The van der Waals surface area contributed by atoms with Gasteiger partial charge < -0.3 is 4.74 Å². The van der Waals surface area contributed by atoms with Crippen LogP contribution >= 0.6 is 0 Å². The summed E-state index contributed by atoms with van der Waals surface area (Å²) in [5.41, 5.74) is 3.12. The number of carbonyl (C=O) groups excluding carboxylic acids is 1. The first-order valence-corrected chi connectivity index (χ1v) is 7.49. The zero-order valence-electron chi connectivity index (χ0n) is 12.2. The normalized spacial score (nSPS) is 17.1. The number of aromatic nitrogens is 1. The van der Waals surface area contributed by atoms with Crippen LogP contribution in [0.2, 0.25) is 0 Å². The van der Waals surface area contributed by atoms with Gasteiger partial charge in [0.1, 0.15) is 5.75 Å². The fraction of sp³-hybridized carbons (Fsp3) is 0.333. The molecule has 3 heteroatoms. The highest BCUT2D eigenvalue weighted by molar-refractivity contribution is 6.01. The molecule has 0 bridgehead atoms. The van der Waals surface area contributed by atoms with Crippen LogP contribution in [-0.2, 0) is 6.42 Å². The summed E-state index contributed by atoms with van der Waals surface area (Å²) in [7, 11) is 0. The number of hydrogen-bond acceptors (Lipinski definition) is 3. The molecule has 21 heavy (non-hydrogen) atoms. The number of aryl methyl sites for hydroxylation is 1. The summed E-state index contributed by atoms with van der Waals surface area (Å²) in [6.07, 6.45) is 6.33. The second-order valence-electron chi connectivity index (χ2n) is 5.35. The van der Waals surface area contributed by atoms with Crippen molar-refractivity contribution in [3.8, 4) is 5.75 Å². The SMILES string of the molecule is CCOc1cncc(C(=O)C2CCCc3ccccc32)c1. The maximum Gasteiger partial charge on any atom is 0.172 e. The molecule has 0 fully saturated rings. The number of ether oxygens (including phenoxy) is 1. The average Bonchev–Trinajstić information content (AvgIpc) is 2.54. The highest BCUT2D eigenvalue weighted by atomic mass is 16.5. The molecule has 3 nitrogen and oxygen atoms in total. The molecule has 0 N–H and O–H groups in total. The van der Waals surface area contributed by atoms with E-state index in [1.165, 1.54) is 11.1 Å². The van der Waals surface area contributed by atoms with E-state index in [0.29, 0.717) is 17.9 Å². The number of benzene rings is 1. The van der Waals surface area contributed by atoms with E-state index >= 15 is 0 Å².